The van der Waals surface area contributed by atoms with Gasteiger partial charge in [0, 0.05) is 17.7 Å². The van der Waals surface area contributed by atoms with E-state index in [-0.39, 0.29) is 30.3 Å². The molecule has 0 aliphatic carbocycles. The van der Waals surface area contributed by atoms with Gasteiger partial charge >= 0.3 is 12.6 Å². The lowest BCUT2D eigenvalue weighted by molar-refractivity contribution is -0.0528. The van der Waals surface area contributed by atoms with E-state index in [2.05, 4.69) is 20.4 Å². The first-order chi connectivity index (χ1) is 12.4. The van der Waals surface area contributed by atoms with Crippen molar-refractivity contribution in [2.45, 2.75) is 19.1 Å². The maximum atomic E-state index is 13.6. The highest BCUT2D eigenvalue weighted by atomic mass is 19.3. The molecular formula is C16H13F4N3O3. The van der Waals surface area contributed by atoms with Crippen molar-refractivity contribution >= 4 is 11.7 Å². The summed E-state index contributed by atoms with van der Waals surface area (Å²) in [6.07, 6.45) is 1.34. The average molecular weight is 371 g/mol. The van der Waals surface area contributed by atoms with Gasteiger partial charge in [0.25, 0.3) is 0 Å². The second-order valence-electron chi connectivity index (χ2n) is 5.45. The van der Waals surface area contributed by atoms with E-state index in [0.29, 0.717) is 5.56 Å². The highest BCUT2D eigenvalue weighted by Crippen LogP contribution is 2.29. The highest BCUT2D eigenvalue weighted by Gasteiger charge is 2.24. The molecule has 1 aliphatic heterocycles. The van der Waals surface area contributed by atoms with Crippen molar-refractivity contribution in [3.05, 3.63) is 47.7 Å². The number of aromatic nitrogens is 1. The summed E-state index contributed by atoms with van der Waals surface area (Å²) < 4.78 is 60.3. The lowest BCUT2D eigenvalue weighted by Crippen LogP contribution is -2.44. The highest BCUT2D eigenvalue weighted by molar-refractivity contribution is 5.89. The van der Waals surface area contributed by atoms with E-state index in [0.717, 1.165) is 18.3 Å². The summed E-state index contributed by atoms with van der Waals surface area (Å²) in [6, 6.07) is 3.28. The second-order valence-corrected chi connectivity index (χ2v) is 5.45. The van der Waals surface area contributed by atoms with Gasteiger partial charge < -0.3 is 20.1 Å². The van der Waals surface area contributed by atoms with Crippen LogP contribution in [-0.4, -0.2) is 30.3 Å². The molecule has 2 N–H and O–H groups in total. The molecule has 2 aromatic rings. The minimum Gasteiger partial charge on any atom is -0.488 e. The lowest BCUT2D eigenvalue weighted by atomic mass is 10.0. The number of carbonyl (C=O) groups excluding carboxylic acids is 1. The molecule has 0 radical (unpaired) electrons. The summed E-state index contributed by atoms with van der Waals surface area (Å²) in [4.78, 5) is 15.6. The van der Waals surface area contributed by atoms with Crippen LogP contribution in [0.2, 0.25) is 0 Å². The first-order valence-corrected chi connectivity index (χ1v) is 7.50. The Balaban J connectivity index is 1.57. The Morgan fingerprint density at radius 2 is 2.12 bits per heavy atom. The molecule has 0 spiro atoms. The monoisotopic (exact) mass is 371 g/mol. The van der Waals surface area contributed by atoms with Crippen LogP contribution in [0.1, 0.15) is 5.56 Å². The van der Waals surface area contributed by atoms with E-state index in [1.54, 1.807) is 0 Å². The normalized spacial score (nSPS) is 15.8. The van der Waals surface area contributed by atoms with E-state index in [1.807, 2.05) is 0 Å². The van der Waals surface area contributed by atoms with Gasteiger partial charge in [-0.3, -0.25) is 0 Å². The number of benzene rings is 1. The molecule has 1 aliphatic rings. The zero-order valence-corrected chi connectivity index (χ0v) is 13.1. The third kappa shape index (κ3) is 4.32. The number of anilines is 1. The summed E-state index contributed by atoms with van der Waals surface area (Å²) in [5, 5.41) is 5.05. The molecule has 1 aromatic heterocycles. The standard InChI is InChI=1S/C16H13F4N3O3/c17-9-3-8-4-11(7-25-14(8)12(18)5-9)23-16(24)22-10-1-2-13(21-6-10)26-15(19)20/h1-3,5-6,11,15H,4,7H2,(H2,22,23,24). The van der Waals surface area contributed by atoms with Gasteiger partial charge in [-0.1, -0.05) is 0 Å². The number of hydrogen-bond donors (Lipinski definition) is 2. The maximum Gasteiger partial charge on any atom is 0.388 e. The largest absolute Gasteiger partial charge is 0.488 e. The molecule has 0 fully saturated rings. The number of carbonyl (C=O) groups is 1. The average Bonchev–Trinajstić information content (AvgIpc) is 2.55. The van der Waals surface area contributed by atoms with E-state index < -0.39 is 30.3 Å². The number of halogens is 4. The van der Waals surface area contributed by atoms with Gasteiger partial charge in [-0.05, 0) is 18.6 Å². The Labute approximate surface area is 145 Å². The van der Waals surface area contributed by atoms with Crippen molar-refractivity contribution in [2.24, 2.45) is 0 Å². The van der Waals surface area contributed by atoms with Gasteiger partial charge in [-0.15, -0.1) is 0 Å². The topological polar surface area (TPSA) is 72.5 Å². The number of alkyl halides is 2. The maximum absolute atomic E-state index is 13.6. The van der Waals surface area contributed by atoms with Gasteiger partial charge in [-0.2, -0.15) is 8.78 Å². The molecule has 2 amide bonds. The van der Waals surface area contributed by atoms with Gasteiger partial charge in [0.05, 0.1) is 17.9 Å². The first kappa shape index (κ1) is 17.8. The fourth-order valence-electron chi connectivity index (χ4n) is 2.50. The number of nitrogens with zero attached hydrogens (tertiary/aromatic N) is 1. The van der Waals surface area contributed by atoms with Crippen LogP contribution >= 0.6 is 0 Å². The zero-order chi connectivity index (χ0) is 18.7. The Morgan fingerprint density at radius 3 is 2.81 bits per heavy atom. The van der Waals surface area contributed by atoms with Gasteiger partial charge in [0.15, 0.2) is 11.6 Å². The molecule has 1 aromatic carbocycles. The number of amides is 2. The number of ether oxygens (including phenoxy) is 2. The Hall–Kier alpha value is -3.04. The molecule has 0 bridgehead atoms. The van der Waals surface area contributed by atoms with Crippen molar-refractivity contribution in [3.8, 4) is 11.6 Å². The second kappa shape index (κ2) is 7.46. The summed E-state index contributed by atoms with van der Waals surface area (Å²) in [5.41, 5.74) is 0.563. The van der Waals surface area contributed by atoms with Crippen LogP contribution in [0.15, 0.2) is 30.5 Å². The number of hydrogen-bond acceptors (Lipinski definition) is 4. The number of rotatable bonds is 4. The minimum absolute atomic E-state index is 0.0163. The van der Waals surface area contributed by atoms with Crippen LogP contribution in [0.3, 0.4) is 0 Å². The van der Waals surface area contributed by atoms with E-state index in [9.17, 15) is 22.4 Å². The number of pyridine rings is 1. The summed E-state index contributed by atoms with van der Waals surface area (Å²) in [7, 11) is 0. The summed E-state index contributed by atoms with van der Waals surface area (Å²) >= 11 is 0. The summed E-state index contributed by atoms with van der Waals surface area (Å²) in [6.45, 7) is -2.98. The molecule has 0 saturated carbocycles. The Bertz CT molecular complexity index is 802. The van der Waals surface area contributed by atoms with Crippen LogP contribution in [0.25, 0.3) is 0 Å². The van der Waals surface area contributed by atoms with Crippen molar-refractivity contribution in [1.82, 2.24) is 10.3 Å². The van der Waals surface area contributed by atoms with Crippen LogP contribution in [0.4, 0.5) is 28.0 Å². The van der Waals surface area contributed by atoms with Crippen LogP contribution in [0.5, 0.6) is 11.6 Å². The summed E-state index contributed by atoms with van der Waals surface area (Å²) in [5.74, 6) is -1.83. The molecule has 1 unspecified atom stereocenters. The van der Waals surface area contributed by atoms with Crippen molar-refractivity contribution < 1.29 is 31.8 Å². The molecule has 0 saturated heterocycles. The minimum atomic E-state index is -2.99. The molecule has 10 heteroatoms. The van der Waals surface area contributed by atoms with Crippen LogP contribution < -0.4 is 20.1 Å². The Morgan fingerprint density at radius 1 is 1.31 bits per heavy atom. The third-order valence-electron chi connectivity index (χ3n) is 3.52. The number of fused-ring (bicyclic) bond motifs is 1. The molecule has 2 heterocycles. The number of nitrogens with one attached hydrogen (secondary N) is 2. The molecule has 3 rings (SSSR count). The molecule has 1 atom stereocenters. The van der Waals surface area contributed by atoms with E-state index in [4.69, 9.17) is 4.74 Å². The zero-order valence-electron chi connectivity index (χ0n) is 13.1. The van der Waals surface area contributed by atoms with Crippen molar-refractivity contribution in [3.63, 3.8) is 0 Å². The number of urea groups is 1. The van der Waals surface area contributed by atoms with Gasteiger partial charge in [0.1, 0.15) is 12.4 Å². The third-order valence-corrected chi connectivity index (χ3v) is 3.52. The first-order valence-electron chi connectivity index (χ1n) is 7.50. The van der Waals surface area contributed by atoms with Crippen molar-refractivity contribution in [2.75, 3.05) is 11.9 Å². The van der Waals surface area contributed by atoms with Crippen LogP contribution in [0, 0.1) is 11.6 Å². The van der Waals surface area contributed by atoms with Crippen LogP contribution in [-0.2, 0) is 6.42 Å². The predicted octanol–water partition coefficient (Wildman–Crippen LogP) is 3.09. The van der Waals surface area contributed by atoms with E-state index in [1.165, 1.54) is 12.1 Å². The fraction of sp³-hybridized carbons (Fsp3) is 0.250. The van der Waals surface area contributed by atoms with E-state index >= 15 is 0 Å². The molecule has 26 heavy (non-hydrogen) atoms. The smallest absolute Gasteiger partial charge is 0.388 e. The molecule has 138 valence electrons. The molecular weight excluding hydrogens is 358 g/mol. The molecule has 6 nitrogen and oxygen atoms in total. The predicted molar refractivity (Wildman–Crippen MR) is 82.4 cm³/mol. The lowest BCUT2D eigenvalue weighted by Gasteiger charge is -2.26. The Kier molecular flexibility index (Phi) is 5.10. The van der Waals surface area contributed by atoms with Crippen molar-refractivity contribution in [1.29, 1.82) is 0 Å². The van der Waals surface area contributed by atoms with Gasteiger partial charge in [-0.25, -0.2) is 18.6 Å². The quantitative estimate of drug-likeness (QED) is 0.811. The van der Waals surface area contributed by atoms with Gasteiger partial charge in [0.2, 0.25) is 5.88 Å². The fourth-order valence-corrected chi connectivity index (χ4v) is 2.50. The SMILES string of the molecule is O=C(Nc1ccc(OC(F)F)nc1)NC1COc2c(F)cc(F)cc2C1.